The third kappa shape index (κ3) is 3.66. The largest absolute Gasteiger partial charge is 0.497 e. The lowest BCUT2D eigenvalue weighted by Gasteiger charge is -2.11. The number of benzene rings is 2. The molecule has 0 atom stereocenters. The fourth-order valence-electron chi connectivity index (χ4n) is 2.39. The van der Waals surface area contributed by atoms with Crippen LogP contribution < -0.4 is 9.64 Å². The molecule has 0 fully saturated rings. The molecule has 24 heavy (non-hydrogen) atoms. The van der Waals surface area contributed by atoms with Gasteiger partial charge in [-0.2, -0.15) is 0 Å². The van der Waals surface area contributed by atoms with E-state index in [1.807, 2.05) is 69.0 Å². The topological polar surface area (TPSA) is 29.8 Å². The van der Waals surface area contributed by atoms with E-state index < -0.39 is 0 Å². The molecule has 3 rings (SSSR count). The molecule has 0 radical (unpaired) electrons. The molecule has 0 aliphatic carbocycles. The summed E-state index contributed by atoms with van der Waals surface area (Å²) >= 11 is 0. The second kappa shape index (κ2) is 7.04. The molecular weight excluding hydrogens is 298 g/mol. The van der Waals surface area contributed by atoms with E-state index >= 15 is 0 Å². The monoisotopic (exact) mass is 319 g/mol. The van der Waals surface area contributed by atoms with E-state index in [1.165, 1.54) is 5.69 Å². The Morgan fingerprint density at radius 3 is 2.29 bits per heavy atom. The van der Waals surface area contributed by atoms with Crippen LogP contribution in [0, 0.1) is 0 Å². The molecule has 0 aliphatic heterocycles. The second-order valence-corrected chi connectivity index (χ2v) is 5.72. The zero-order valence-electron chi connectivity index (χ0n) is 14.2. The van der Waals surface area contributed by atoms with Crippen LogP contribution in [0.1, 0.15) is 5.56 Å². The van der Waals surface area contributed by atoms with Crippen LogP contribution >= 0.6 is 0 Å². The van der Waals surface area contributed by atoms with Crippen molar-refractivity contribution in [2.75, 3.05) is 26.1 Å². The Bertz CT molecular complexity index is 815. The summed E-state index contributed by atoms with van der Waals surface area (Å²) < 4.78 is 7.25. The van der Waals surface area contributed by atoms with Crippen LogP contribution in [0.25, 0.3) is 5.69 Å². The minimum atomic E-state index is 0.855. The third-order valence-corrected chi connectivity index (χ3v) is 3.82. The molecule has 2 aromatic carbocycles. The predicted octanol–water partition coefficient (Wildman–Crippen LogP) is 4.30. The Balaban J connectivity index is 1.73. The van der Waals surface area contributed by atoms with Crippen LogP contribution in [0.4, 0.5) is 11.4 Å². The normalized spacial score (nSPS) is 11.0. The molecule has 1 heterocycles. The molecule has 0 spiro atoms. The van der Waals surface area contributed by atoms with Crippen LogP contribution in [0.5, 0.6) is 5.75 Å². The fraction of sp³-hybridized carbons (Fsp3) is 0.150. The van der Waals surface area contributed by atoms with Gasteiger partial charge in [-0.15, -0.1) is 0 Å². The van der Waals surface area contributed by atoms with Crippen LogP contribution in [0.2, 0.25) is 0 Å². The van der Waals surface area contributed by atoms with E-state index in [1.54, 1.807) is 7.11 Å². The van der Waals surface area contributed by atoms with Gasteiger partial charge in [0.2, 0.25) is 0 Å². The van der Waals surface area contributed by atoms with E-state index in [9.17, 15) is 0 Å². The first kappa shape index (κ1) is 15.9. The highest BCUT2D eigenvalue weighted by Gasteiger charge is 1.99. The van der Waals surface area contributed by atoms with Crippen molar-refractivity contribution in [1.29, 1.82) is 0 Å². The van der Waals surface area contributed by atoms with Gasteiger partial charge in [0.25, 0.3) is 0 Å². The molecule has 122 valence electrons. The maximum absolute atomic E-state index is 5.19. The first-order valence-electron chi connectivity index (χ1n) is 7.79. The Kier molecular flexibility index (Phi) is 4.66. The third-order valence-electron chi connectivity index (χ3n) is 3.82. The molecule has 4 heteroatoms. The highest BCUT2D eigenvalue weighted by molar-refractivity contribution is 5.82. The number of ether oxygens (including phenoxy) is 1. The SMILES string of the molecule is COc1ccc(-n2ccc(C=Nc3ccc(N(C)C)cc3)c2)cc1. The molecular formula is C20H21N3O. The van der Waals surface area contributed by atoms with E-state index in [0.29, 0.717) is 0 Å². The Morgan fingerprint density at radius 1 is 0.958 bits per heavy atom. The van der Waals surface area contributed by atoms with Crippen molar-refractivity contribution in [3.05, 3.63) is 72.6 Å². The number of aliphatic imine (C=N–C) groups is 1. The lowest BCUT2D eigenvalue weighted by atomic mass is 10.2. The summed E-state index contributed by atoms with van der Waals surface area (Å²) in [7, 11) is 5.73. The van der Waals surface area contributed by atoms with E-state index in [-0.39, 0.29) is 0 Å². The standard InChI is InChI=1S/C20H21N3O/c1-22(2)18-6-4-17(5-7-18)21-14-16-12-13-23(15-16)19-8-10-20(24-3)11-9-19/h4-15H,1-3H3. The van der Waals surface area contributed by atoms with Crippen LogP contribution in [-0.4, -0.2) is 32.0 Å². The summed E-state index contributed by atoms with van der Waals surface area (Å²) in [5.74, 6) is 0.855. The summed E-state index contributed by atoms with van der Waals surface area (Å²) in [5, 5.41) is 0. The number of aromatic nitrogens is 1. The van der Waals surface area contributed by atoms with Gasteiger partial charge in [-0.05, 0) is 54.6 Å². The maximum Gasteiger partial charge on any atom is 0.119 e. The van der Waals surface area contributed by atoms with E-state index in [0.717, 1.165) is 22.7 Å². The molecule has 4 nitrogen and oxygen atoms in total. The quantitative estimate of drug-likeness (QED) is 0.656. The minimum absolute atomic E-state index is 0.855. The Morgan fingerprint density at radius 2 is 1.67 bits per heavy atom. The minimum Gasteiger partial charge on any atom is -0.497 e. The van der Waals surface area contributed by atoms with Crippen molar-refractivity contribution in [3.63, 3.8) is 0 Å². The number of rotatable bonds is 5. The molecule has 3 aromatic rings. The summed E-state index contributed by atoms with van der Waals surface area (Å²) in [6, 6.07) is 18.2. The number of nitrogens with zero attached hydrogens (tertiary/aromatic N) is 3. The van der Waals surface area contributed by atoms with Gasteiger partial charge in [0.05, 0.1) is 12.8 Å². The van der Waals surface area contributed by atoms with Gasteiger partial charge in [-0.1, -0.05) is 0 Å². The molecule has 0 saturated heterocycles. The molecule has 0 N–H and O–H groups in total. The number of hydrogen-bond donors (Lipinski definition) is 0. The van der Waals surface area contributed by atoms with Crippen molar-refractivity contribution in [1.82, 2.24) is 4.57 Å². The van der Waals surface area contributed by atoms with Gasteiger partial charge in [0.1, 0.15) is 5.75 Å². The molecule has 0 saturated carbocycles. The van der Waals surface area contributed by atoms with Crippen molar-refractivity contribution < 1.29 is 4.74 Å². The van der Waals surface area contributed by atoms with Gasteiger partial charge >= 0.3 is 0 Å². The smallest absolute Gasteiger partial charge is 0.119 e. The first-order chi connectivity index (χ1) is 11.7. The number of anilines is 1. The van der Waals surface area contributed by atoms with Gasteiger partial charge in [0.15, 0.2) is 0 Å². The van der Waals surface area contributed by atoms with Crippen LogP contribution in [0.3, 0.4) is 0 Å². The van der Waals surface area contributed by atoms with Gasteiger partial charge in [-0.3, -0.25) is 4.99 Å². The summed E-state index contributed by atoms with van der Waals surface area (Å²) in [6.45, 7) is 0. The second-order valence-electron chi connectivity index (χ2n) is 5.72. The molecule has 0 unspecified atom stereocenters. The van der Waals surface area contributed by atoms with Gasteiger partial charge < -0.3 is 14.2 Å². The first-order valence-corrected chi connectivity index (χ1v) is 7.79. The van der Waals surface area contributed by atoms with Crippen LogP contribution in [0.15, 0.2) is 72.0 Å². The number of hydrogen-bond acceptors (Lipinski definition) is 3. The molecule has 0 bridgehead atoms. The van der Waals surface area contributed by atoms with Crippen molar-refractivity contribution >= 4 is 17.6 Å². The highest BCUT2D eigenvalue weighted by atomic mass is 16.5. The number of methoxy groups -OCH3 is 1. The molecule has 0 aliphatic rings. The molecule has 0 amide bonds. The molecule has 1 aromatic heterocycles. The van der Waals surface area contributed by atoms with E-state index in [4.69, 9.17) is 4.74 Å². The Labute approximate surface area is 142 Å². The van der Waals surface area contributed by atoms with E-state index in [2.05, 4.69) is 32.8 Å². The average Bonchev–Trinajstić information content (AvgIpc) is 3.09. The summed E-state index contributed by atoms with van der Waals surface area (Å²) in [6.07, 6.45) is 5.96. The lowest BCUT2D eigenvalue weighted by Crippen LogP contribution is -2.07. The fourth-order valence-corrected chi connectivity index (χ4v) is 2.39. The lowest BCUT2D eigenvalue weighted by molar-refractivity contribution is 0.415. The van der Waals surface area contributed by atoms with Gasteiger partial charge in [-0.25, -0.2) is 0 Å². The van der Waals surface area contributed by atoms with Crippen molar-refractivity contribution in [3.8, 4) is 11.4 Å². The van der Waals surface area contributed by atoms with Gasteiger partial charge in [0, 0.05) is 49.6 Å². The average molecular weight is 319 g/mol. The predicted molar refractivity (Wildman–Crippen MR) is 100 cm³/mol. The van der Waals surface area contributed by atoms with Crippen molar-refractivity contribution in [2.45, 2.75) is 0 Å². The highest BCUT2D eigenvalue weighted by Crippen LogP contribution is 2.19. The Hall–Kier alpha value is -3.01. The van der Waals surface area contributed by atoms with Crippen LogP contribution in [-0.2, 0) is 0 Å². The van der Waals surface area contributed by atoms with Crippen molar-refractivity contribution in [2.24, 2.45) is 4.99 Å². The zero-order chi connectivity index (χ0) is 16.9. The maximum atomic E-state index is 5.19. The summed E-state index contributed by atoms with van der Waals surface area (Å²) in [5.41, 5.74) is 4.26. The zero-order valence-corrected chi connectivity index (χ0v) is 14.2. The summed E-state index contributed by atoms with van der Waals surface area (Å²) in [4.78, 5) is 6.61.